The zero-order chi connectivity index (χ0) is 17.1. The predicted octanol–water partition coefficient (Wildman–Crippen LogP) is 3.27. The molecule has 4 rings (SSSR count). The second kappa shape index (κ2) is 4.72. The van der Waals surface area contributed by atoms with Crippen molar-refractivity contribution in [1.29, 1.82) is 0 Å². The lowest BCUT2D eigenvalue weighted by Gasteiger charge is -2.42. The van der Waals surface area contributed by atoms with Gasteiger partial charge in [0, 0.05) is 18.0 Å². The zero-order valence-corrected chi connectivity index (χ0v) is 14.7. The summed E-state index contributed by atoms with van der Waals surface area (Å²) in [5.41, 5.74) is 5.29. The lowest BCUT2D eigenvalue weighted by atomic mass is 9.68. The van der Waals surface area contributed by atoms with E-state index in [1.807, 2.05) is 48.4 Å². The van der Waals surface area contributed by atoms with Gasteiger partial charge in [0.15, 0.2) is 0 Å². The van der Waals surface area contributed by atoms with E-state index in [4.69, 9.17) is 9.98 Å². The molecule has 122 valence electrons. The minimum absolute atomic E-state index is 0.124. The third-order valence-corrected chi connectivity index (χ3v) is 5.40. The summed E-state index contributed by atoms with van der Waals surface area (Å²) in [6.45, 7) is 8.77. The van der Waals surface area contributed by atoms with Crippen molar-refractivity contribution in [1.82, 2.24) is 19.7 Å². The summed E-state index contributed by atoms with van der Waals surface area (Å²) in [7, 11) is 1.99. The van der Waals surface area contributed by atoms with Crippen LogP contribution >= 0.6 is 0 Å². The lowest BCUT2D eigenvalue weighted by Crippen LogP contribution is -2.47. The molecule has 0 saturated heterocycles. The van der Waals surface area contributed by atoms with Crippen molar-refractivity contribution in [2.24, 2.45) is 12.0 Å². The Hall–Kier alpha value is -2.56. The van der Waals surface area contributed by atoms with Gasteiger partial charge in [-0.05, 0) is 26.0 Å². The summed E-state index contributed by atoms with van der Waals surface area (Å²) in [5, 5.41) is 4.49. The Kier molecular flexibility index (Phi) is 2.95. The molecule has 5 heteroatoms. The van der Waals surface area contributed by atoms with Crippen molar-refractivity contribution in [3.63, 3.8) is 0 Å². The van der Waals surface area contributed by atoms with Crippen LogP contribution in [0.3, 0.4) is 0 Å². The maximum Gasteiger partial charge on any atom is 0.108 e. The summed E-state index contributed by atoms with van der Waals surface area (Å²) < 4.78 is 1.96. The van der Waals surface area contributed by atoms with Gasteiger partial charge in [0.1, 0.15) is 5.69 Å². The van der Waals surface area contributed by atoms with E-state index in [0.29, 0.717) is 0 Å². The maximum absolute atomic E-state index is 5.06. The van der Waals surface area contributed by atoms with Crippen molar-refractivity contribution in [2.75, 3.05) is 0 Å². The van der Waals surface area contributed by atoms with Crippen molar-refractivity contribution < 1.29 is 0 Å². The number of para-hydroxylation sites is 2. The van der Waals surface area contributed by atoms with E-state index < -0.39 is 0 Å². The van der Waals surface area contributed by atoms with Crippen molar-refractivity contribution in [2.45, 2.75) is 38.6 Å². The highest BCUT2D eigenvalue weighted by molar-refractivity contribution is 6.13. The van der Waals surface area contributed by atoms with Gasteiger partial charge in [-0.1, -0.05) is 26.0 Å². The molecule has 0 bridgehead atoms. The number of aryl methyl sites for hydroxylation is 1. The monoisotopic (exact) mass is 319 g/mol. The standard InChI is InChI=1S/C19H21N5/c1-18(2)17-12(10-21-24(17)5)16(23-19(18,3)4)15-11-20-13-8-6-7-9-14(13)22-15/h6-11H,1-5H3. The van der Waals surface area contributed by atoms with Gasteiger partial charge in [-0.2, -0.15) is 5.10 Å². The first kappa shape index (κ1) is 15.0. The molecule has 3 heterocycles. The quantitative estimate of drug-likeness (QED) is 0.692. The van der Waals surface area contributed by atoms with E-state index in [1.54, 1.807) is 0 Å². The van der Waals surface area contributed by atoms with E-state index in [2.05, 4.69) is 37.8 Å². The van der Waals surface area contributed by atoms with Crippen LogP contribution in [0, 0.1) is 0 Å². The minimum Gasteiger partial charge on any atom is -0.275 e. The molecule has 0 radical (unpaired) electrons. The lowest BCUT2D eigenvalue weighted by molar-refractivity contribution is 0.287. The second-order valence-electron chi connectivity index (χ2n) is 7.42. The van der Waals surface area contributed by atoms with Gasteiger partial charge in [-0.3, -0.25) is 14.7 Å². The average molecular weight is 319 g/mol. The molecule has 2 aromatic heterocycles. The van der Waals surface area contributed by atoms with Crippen LogP contribution < -0.4 is 0 Å². The summed E-state index contributed by atoms with van der Waals surface area (Å²) in [6, 6.07) is 7.90. The Balaban J connectivity index is 1.98. The summed E-state index contributed by atoms with van der Waals surface area (Å²) in [6.07, 6.45) is 3.70. The van der Waals surface area contributed by atoms with E-state index in [0.717, 1.165) is 28.0 Å². The van der Waals surface area contributed by atoms with Crippen LogP contribution in [0.4, 0.5) is 0 Å². The third-order valence-electron chi connectivity index (χ3n) is 5.40. The summed E-state index contributed by atoms with van der Waals surface area (Å²) in [4.78, 5) is 14.4. The molecule has 0 amide bonds. The first-order valence-electron chi connectivity index (χ1n) is 8.16. The third kappa shape index (κ3) is 1.94. The molecule has 5 nitrogen and oxygen atoms in total. The fraction of sp³-hybridized carbons (Fsp3) is 0.368. The number of aliphatic imine (C=N–C) groups is 1. The summed E-state index contributed by atoms with van der Waals surface area (Å²) in [5.74, 6) is 0. The highest BCUT2D eigenvalue weighted by atomic mass is 15.3. The molecule has 24 heavy (non-hydrogen) atoms. The normalized spacial score (nSPS) is 18.3. The minimum atomic E-state index is -0.267. The van der Waals surface area contributed by atoms with Crippen LogP contribution in [0.25, 0.3) is 11.0 Å². The van der Waals surface area contributed by atoms with Gasteiger partial charge >= 0.3 is 0 Å². The van der Waals surface area contributed by atoms with Crippen molar-refractivity contribution in [3.05, 3.63) is 53.6 Å². The second-order valence-corrected chi connectivity index (χ2v) is 7.42. The Morgan fingerprint density at radius 1 is 0.958 bits per heavy atom. The number of aromatic nitrogens is 4. The van der Waals surface area contributed by atoms with Gasteiger partial charge in [0.25, 0.3) is 0 Å². The molecular formula is C19H21N5. The Labute approximate surface area is 141 Å². The predicted molar refractivity (Wildman–Crippen MR) is 95.5 cm³/mol. The van der Waals surface area contributed by atoms with E-state index in [1.165, 1.54) is 5.69 Å². The molecule has 0 aliphatic carbocycles. The highest BCUT2D eigenvalue weighted by Gasteiger charge is 2.46. The van der Waals surface area contributed by atoms with Gasteiger partial charge < -0.3 is 0 Å². The Morgan fingerprint density at radius 2 is 1.67 bits per heavy atom. The molecule has 0 spiro atoms. The molecule has 0 unspecified atom stereocenters. The first-order chi connectivity index (χ1) is 11.3. The molecule has 1 aliphatic heterocycles. The van der Waals surface area contributed by atoms with Crippen LogP contribution in [0.1, 0.15) is 44.6 Å². The molecule has 0 atom stereocenters. The number of fused-ring (bicyclic) bond motifs is 2. The number of nitrogens with zero attached hydrogens (tertiary/aromatic N) is 5. The van der Waals surface area contributed by atoms with Crippen molar-refractivity contribution in [3.8, 4) is 0 Å². The van der Waals surface area contributed by atoms with Crippen LogP contribution in [-0.2, 0) is 12.5 Å². The Morgan fingerprint density at radius 3 is 2.42 bits per heavy atom. The van der Waals surface area contributed by atoms with Crippen LogP contribution in [0.15, 0.2) is 41.7 Å². The zero-order valence-electron chi connectivity index (χ0n) is 14.7. The van der Waals surface area contributed by atoms with E-state index in [9.17, 15) is 0 Å². The SMILES string of the molecule is Cn1ncc2c1C(C)(C)C(C)(C)N=C2c1cnc2ccccc2n1. The van der Waals surface area contributed by atoms with Crippen molar-refractivity contribution >= 4 is 16.7 Å². The largest absolute Gasteiger partial charge is 0.275 e. The van der Waals surface area contributed by atoms with Crippen LogP contribution in [0.5, 0.6) is 0 Å². The molecule has 1 aliphatic rings. The number of hydrogen-bond acceptors (Lipinski definition) is 4. The molecule has 0 N–H and O–H groups in total. The smallest absolute Gasteiger partial charge is 0.108 e. The molecule has 1 aromatic carbocycles. The van der Waals surface area contributed by atoms with E-state index >= 15 is 0 Å². The van der Waals surface area contributed by atoms with Crippen LogP contribution in [0.2, 0.25) is 0 Å². The van der Waals surface area contributed by atoms with Gasteiger partial charge in [-0.25, -0.2) is 4.98 Å². The number of benzene rings is 1. The fourth-order valence-corrected chi connectivity index (χ4v) is 3.39. The topological polar surface area (TPSA) is 56.0 Å². The first-order valence-corrected chi connectivity index (χ1v) is 8.16. The fourth-order valence-electron chi connectivity index (χ4n) is 3.39. The number of hydrogen-bond donors (Lipinski definition) is 0. The highest BCUT2D eigenvalue weighted by Crippen LogP contribution is 2.43. The Bertz CT molecular complexity index is 978. The molecular weight excluding hydrogens is 298 g/mol. The van der Waals surface area contributed by atoms with Gasteiger partial charge in [-0.15, -0.1) is 0 Å². The maximum atomic E-state index is 5.06. The molecule has 0 saturated carbocycles. The summed E-state index contributed by atoms with van der Waals surface area (Å²) >= 11 is 0. The van der Waals surface area contributed by atoms with Gasteiger partial charge in [0.05, 0.1) is 40.4 Å². The number of rotatable bonds is 1. The van der Waals surface area contributed by atoms with E-state index in [-0.39, 0.29) is 11.0 Å². The molecule has 0 fully saturated rings. The van der Waals surface area contributed by atoms with Gasteiger partial charge in [0.2, 0.25) is 0 Å². The molecule has 3 aromatic rings. The van der Waals surface area contributed by atoms with Crippen LogP contribution in [-0.4, -0.2) is 31.0 Å². The average Bonchev–Trinajstić information content (AvgIpc) is 2.93.